The SMILES string of the molecule is CC(C=C1CC(NS(=O)(=O)c2ccc(Cl)cc2)CCC1=O)C(=O)O. The molecule has 2 unspecified atom stereocenters. The van der Waals surface area contributed by atoms with Gasteiger partial charge in [0.1, 0.15) is 0 Å². The standard InChI is InChI=1S/C16H18ClNO5S/c1-10(16(20)21)8-11-9-13(4-7-15(11)19)18-24(22,23)14-5-2-12(17)3-6-14/h2-3,5-6,8,10,13,18H,4,7,9H2,1H3,(H,20,21). The molecule has 0 aromatic heterocycles. The van der Waals surface area contributed by atoms with E-state index in [4.69, 9.17) is 16.7 Å². The Kier molecular flexibility index (Phi) is 5.79. The molecule has 2 rings (SSSR count). The molecule has 1 saturated carbocycles. The van der Waals surface area contributed by atoms with Crippen molar-refractivity contribution in [2.75, 3.05) is 0 Å². The van der Waals surface area contributed by atoms with Crippen molar-refractivity contribution in [2.24, 2.45) is 5.92 Å². The lowest BCUT2D eigenvalue weighted by Crippen LogP contribution is -2.38. The van der Waals surface area contributed by atoms with Crippen LogP contribution in [0, 0.1) is 5.92 Å². The molecule has 2 N–H and O–H groups in total. The number of ketones is 1. The zero-order valence-electron chi connectivity index (χ0n) is 13.0. The van der Waals surface area contributed by atoms with Gasteiger partial charge in [-0.1, -0.05) is 17.7 Å². The monoisotopic (exact) mass is 371 g/mol. The lowest BCUT2D eigenvalue weighted by molar-refractivity contribution is -0.139. The second-order valence-corrected chi connectivity index (χ2v) is 7.91. The predicted octanol–water partition coefficient (Wildman–Crippen LogP) is 2.39. The average Bonchev–Trinajstić information content (AvgIpc) is 2.50. The summed E-state index contributed by atoms with van der Waals surface area (Å²) >= 11 is 5.75. The van der Waals surface area contributed by atoms with Gasteiger partial charge in [0.25, 0.3) is 0 Å². The molecule has 1 aliphatic carbocycles. The lowest BCUT2D eigenvalue weighted by atomic mass is 9.88. The summed E-state index contributed by atoms with van der Waals surface area (Å²) in [5.74, 6) is -1.96. The first kappa shape index (κ1) is 18.6. The number of carboxylic acids is 1. The Bertz CT molecular complexity index is 770. The van der Waals surface area contributed by atoms with E-state index in [0.717, 1.165) is 0 Å². The maximum Gasteiger partial charge on any atom is 0.310 e. The largest absolute Gasteiger partial charge is 0.481 e. The highest BCUT2D eigenvalue weighted by Crippen LogP contribution is 2.24. The number of sulfonamides is 1. The summed E-state index contributed by atoms with van der Waals surface area (Å²) in [6, 6.07) is 5.33. The third-order valence-corrected chi connectivity index (χ3v) is 5.62. The number of carboxylic acid groups (broad SMARTS) is 1. The van der Waals surface area contributed by atoms with E-state index in [2.05, 4.69) is 4.72 Å². The summed E-state index contributed by atoms with van der Waals surface area (Å²) in [4.78, 5) is 22.9. The highest BCUT2D eigenvalue weighted by Gasteiger charge is 2.28. The Hall–Kier alpha value is -1.70. The normalized spacial score (nSPS) is 21.7. The maximum absolute atomic E-state index is 12.4. The van der Waals surface area contributed by atoms with E-state index in [1.807, 2.05) is 0 Å². The van der Waals surface area contributed by atoms with E-state index in [-0.39, 0.29) is 23.5 Å². The molecule has 2 atom stereocenters. The van der Waals surface area contributed by atoms with E-state index >= 15 is 0 Å². The van der Waals surface area contributed by atoms with Gasteiger partial charge in [-0.15, -0.1) is 0 Å². The van der Waals surface area contributed by atoms with Crippen molar-refractivity contribution in [3.63, 3.8) is 0 Å². The number of hydrogen-bond donors (Lipinski definition) is 2. The van der Waals surface area contributed by atoms with Crippen molar-refractivity contribution in [3.05, 3.63) is 40.9 Å². The maximum atomic E-state index is 12.4. The fraction of sp³-hybridized carbons (Fsp3) is 0.375. The molecule has 0 radical (unpaired) electrons. The van der Waals surface area contributed by atoms with Crippen molar-refractivity contribution in [1.29, 1.82) is 0 Å². The van der Waals surface area contributed by atoms with Gasteiger partial charge in [0.15, 0.2) is 5.78 Å². The van der Waals surface area contributed by atoms with Gasteiger partial charge in [0.05, 0.1) is 10.8 Å². The average molecular weight is 372 g/mol. The van der Waals surface area contributed by atoms with Gasteiger partial charge in [-0.05, 0) is 49.6 Å². The van der Waals surface area contributed by atoms with Crippen LogP contribution in [0.2, 0.25) is 5.02 Å². The lowest BCUT2D eigenvalue weighted by Gasteiger charge is -2.24. The second kappa shape index (κ2) is 7.46. The van der Waals surface area contributed by atoms with Crippen molar-refractivity contribution in [3.8, 4) is 0 Å². The summed E-state index contributed by atoms with van der Waals surface area (Å²) in [7, 11) is -3.73. The van der Waals surface area contributed by atoms with Crippen LogP contribution in [0.3, 0.4) is 0 Å². The van der Waals surface area contributed by atoms with Crippen LogP contribution >= 0.6 is 11.6 Å². The minimum atomic E-state index is -3.73. The number of carbonyl (C=O) groups is 2. The number of Topliss-reactive ketones (excluding diaryl/α,β-unsaturated/α-hetero) is 1. The molecule has 0 amide bonds. The van der Waals surface area contributed by atoms with Gasteiger partial charge in [0, 0.05) is 17.5 Å². The number of benzene rings is 1. The molecule has 130 valence electrons. The Balaban J connectivity index is 2.14. The Morgan fingerprint density at radius 2 is 2.00 bits per heavy atom. The summed E-state index contributed by atoms with van der Waals surface area (Å²) in [5, 5.41) is 9.38. The molecule has 0 aliphatic heterocycles. The smallest absolute Gasteiger partial charge is 0.310 e. The molecule has 0 spiro atoms. The Morgan fingerprint density at radius 3 is 2.58 bits per heavy atom. The van der Waals surface area contributed by atoms with E-state index in [0.29, 0.717) is 17.0 Å². The molecular formula is C16H18ClNO5S. The molecule has 24 heavy (non-hydrogen) atoms. The quantitative estimate of drug-likeness (QED) is 0.774. The minimum Gasteiger partial charge on any atom is -0.481 e. The minimum absolute atomic E-state index is 0.0910. The molecule has 0 saturated heterocycles. The van der Waals surface area contributed by atoms with Crippen molar-refractivity contribution in [1.82, 2.24) is 4.72 Å². The molecule has 0 heterocycles. The number of carbonyl (C=O) groups excluding carboxylic acids is 1. The van der Waals surface area contributed by atoms with Crippen LogP contribution in [0.4, 0.5) is 0 Å². The van der Waals surface area contributed by atoms with Crippen LogP contribution in [0.15, 0.2) is 40.8 Å². The third kappa shape index (κ3) is 4.66. The molecule has 0 bridgehead atoms. The molecule has 6 nitrogen and oxygen atoms in total. The van der Waals surface area contributed by atoms with E-state index < -0.39 is 28.0 Å². The number of hydrogen-bond acceptors (Lipinski definition) is 4. The van der Waals surface area contributed by atoms with Gasteiger partial charge >= 0.3 is 5.97 Å². The zero-order valence-corrected chi connectivity index (χ0v) is 14.6. The first-order chi connectivity index (χ1) is 11.2. The van der Waals surface area contributed by atoms with Gasteiger partial charge in [-0.3, -0.25) is 9.59 Å². The zero-order chi connectivity index (χ0) is 17.9. The summed E-state index contributed by atoms with van der Waals surface area (Å²) in [6.07, 6.45) is 2.15. The fourth-order valence-corrected chi connectivity index (χ4v) is 3.88. The van der Waals surface area contributed by atoms with Crippen LogP contribution in [-0.4, -0.2) is 31.3 Å². The van der Waals surface area contributed by atoms with Gasteiger partial charge in [-0.25, -0.2) is 13.1 Å². The van der Waals surface area contributed by atoms with Gasteiger partial charge in [-0.2, -0.15) is 0 Å². The Morgan fingerprint density at radius 1 is 1.38 bits per heavy atom. The first-order valence-electron chi connectivity index (χ1n) is 7.43. The molecule has 1 aromatic carbocycles. The molecular weight excluding hydrogens is 354 g/mol. The van der Waals surface area contributed by atoms with Crippen LogP contribution in [0.5, 0.6) is 0 Å². The van der Waals surface area contributed by atoms with E-state index in [1.165, 1.54) is 37.3 Å². The Labute approximate surface area is 145 Å². The van der Waals surface area contributed by atoms with Crippen LogP contribution in [-0.2, 0) is 19.6 Å². The third-order valence-electron chi connectivity index (χ3n) is 3.83. The number of aliphatic carboxylic acids is 1. The van der Waals surface area contributed by atoms with Gasteiger partial charge < -0.3 is 5.11 Å². The first-order valence-corrected chi connectivity index (χ1v) is 9.30. The highest BCUT2D eigenvalue weighted by atomic mass is 35.5. The molecule has 1 aromatic rings. The van der Waals surface area contributed by atoms with Crippen LogP contribution < -0.4 is 4.72 Å². The van der Waals surface area contributed by atoms with Crippen molar-refractivity contribution in [2.45, 2.75) is 37.1 Å². The van der Waals surface area contributed by atoms with Crippen molar-refractivity contribution < 1.29 is 23.1 Å². The van der Waals surface area contributed by atoms with Gasteiger partial charge in [0.2, 0.25) is 10.0 Å². The van der Waals surface area contributed by atoms with Crippen LogP contribution in [0.1, 0.15) is 26.2 Å². The van der Waals surface area contributed by atoms with E-state index in [9.17, 15) is 18.0 Å². The number of rotatable bonds is 5. The molecule has 1 fully saturated rings. The summed E-state index contributed by atoms with van der Waals surface area (Å²) < 4.78 is 27.3. The number of nitrogens with one attached hydrogen (secondary N) is 1. The fourth-order valence-electron chi connectivity index (χ4n) is 2.48. The molecule has 1 aliphatic rings. The van der Waals surface area contributed by atoms with Crippen molar-refractivity contribution >= 4 is 33.4 Å². The molecule has 8 heteroatoms. The predicted molar refractivity (Wildman–Crippen MR) is 89.3 cm³/mol. The summed E-state index contributed by atoms with van der Waals surface area (Å²) in [5.41, 5.74) is 0.361. The second-order valence-electron chi connectivity index (χ2n) is 5.76. The van der Waals surface area contributed by atoms with E-state index in [1.54, 1.807) is 0 Å². The topological polar surface area (TPSA) is 101 Å². The summed E-state index contributed by atoms with van der Waals surface area (Å²) in [6.45, 7) is 1.48. The number of halogens is 1. The highest BCUT2D eigenvalue weighted by molar-refractivity contribution is 7.89. The van der Waals surface area contributed by atoms with Crippen LogP contribution in [0.25, 0.3) is 0 Å².